The second kappa shape index (κ2) is 7.90. The Hall–Kier alpha value is -0.320. The van der Waals surface area contributed by atoms with Crippen molar-refractivity contribution in [2.24, 2.45) is 17.6 Å². The lowest BCUT2D eigenvalue weighted by atomic mass is 10.00. The Morgan fingerprint density at radius 3 is 2.65 bits per heavy atom. The van der Waals surface area contributed by atoms with Crippen molar-refractivity contribution in [3.05, 3.63) is 0 Å². The number of amides is 1. The first kappa shape index (κ1) is 16.7. The van der Waals surface area contributed by atoms with Gasteiger partial charge >= 0.3 is 0 Å². The van der Waals surface area contributed by atoms with Gasteiger partial charge in [0, 0.05) is 20.2 Å². The average molecular weight is 265 g/mol. The highest BCUT2D eigenvalue weighted by Crippen LogP contribution is 2.15. The number of carbonyl (C=O) groups is 1. The van der Waals surface area contributed by atoms with Crippen molar-refractivity contribution >= 4 is 18.3 Å². The van der Waals surface area contributed by atoms with Gasteiger partial charge in [-0.1, -0.05) is 13.8 Å². The van der Waals surface area contributed by atoms with Crippen LogP contribution in [-0.2, 0) is 9.53 Å². The van der Waals surface area contributed by atoms with Crippen LogP contribution in [0.1, 0.15) is 26.7 Å². The number of carbonyl (C=O) groups excluding carboxylic acids is 1. The van der Waals surface area contributed by atoms with E-state index in [0.717, 1.165) is 32.6 Å². The third-order valence-corrected chi connectivity index (χ3v) is 3.17. The van der Waals surface area contributed by atoms with E-state index in [2.05, 4.69) is 0 Å². The van der Waals surface area contributed by atoms with Gasteiger partial charge in [-0.15, -0.1) is 12.4 Å². The second-order valence-corrected chi connectivity index (χ2v) is 5.07. The predicted molar refractivity (Wildman–Crippen MR) is 71.2 cm³/mol. The van der Waals surface area contributed by atoms with Crippen molar-refractivity contribution in [3.63, 3.8) is 0 Å². The van der Waals surface area contributed by atoms with Crippen LogP contribution in [-0.4, -0.2) is 43.7 Å². The highest BCUT2D eigenvalue weighted by atomic mass is 35.5. The molecule has 0 bridgehead atoms. The first-order valence-corrected chi connectivity index (χ1v) is 6.10. The molecular formula is C12H25ClN2O2. The molecule has 2 N–H and O–H groups in total. The summed E-state index contributed by atoms with van der Waals surface area (Å²) < 4.78 is 5.40. The molecule has 0 saturated carbocycles. The van der Waals surface area contributed by atoms with Crippen LogP contribution in [0.5, 0.6) is 0 Å². The minimum Gasteiger partial charge on any atom is -0.381 e. The Morgan fingerprint density at radius 1 is 1.53 bits per heavy atom. The largest absolute Gasteiger partial charge is 0.381 e. The summed E-state index contributed by atoms with van der Waals surface area (Å²) in [5.74, 6) is 0.709. The monoisotopic (exact) mass is 264 g/mol. The number of nitrogens with two attached hydrogens (primary N) is 1. The standard InChI is InChI=1S/C12H24N2O2.ClH/c1-9(2)11(13)12(15)14(3)7-10-5-4-6-16-8-10;/h9-11H,4-8,13H2,1-3H3;1H. The Labute approximate surface area is 110 Å². The summed E-state index contributed by atoms with van der Waals surface area (Å²) in [7, 11) is 1.83. The summed E-state index contributed by atoms with van der Waals surface area (Å²) in [5.41, 5.74) is 5.84. The molecule has 102 valence electrons. The molecule has 0 spiro atoms. The first-order valence-electron chi connectivity index (χ1n) is 6.10. The molecule has 1 aliphatic heterocycles. The Bertz CT molecular complexity index is 231. The van der Waals surface area contributed by atoms with Crippen molar-refractivity contribution in [1.29, 1.82) is 0 Å². The molecule has 1 heterocycles. The fourth-order valence-electron chi connectivity index (χ4n) is 1.97. The third-order valence-electron chi connectivity index (χ3n) is 3.17. The highest BCUT2D eigenvalue weighted by molar-refractivity contribution is 5.85. The summed E-state index contributed by atoms with van der Waals surface area (Å²) in [5, 5.41) is 0. The molecule has 17 heavy (non-hydrogen) atoms. The van der Waals surface area contributed by atoms with E-state index < -0.39 is 0 Å². The molecule has 0 radical (unpaired) electrons. The SMILES string of the molecule is CC(C)C(N)C(=O)N(C)CC1CCCOC1.Cl. The van der Waals surface area contributed by atoms with Gasteiger partial charge in [-0.25, -0.2) is 0 Å². The summed E-state index contributed by atoms with van der Waals surface area (Å²) in [6, 6.07) is -0.380. The van der Waals surface area contributed by atoms with Gasteiger partial charge in [-0.3, -0.25) is 4.79 Å². The van der Waals surface area contributed by atoms with Crippen LogP contribution in [0.3, 0.4) is 0 Å². The number of hydrogen-bond acceptors (Lipinski definition) is 3. The van der Waals surface area contributed by atoms with E-state index in [0.29, 0.717) is 5.92 Å². The zero-order valence-electron chi connectivity index (χ0n) is 11.0. The fourth-order valence-corrected chi connectivity index (χ4v) is 1.97. The number of rotatable bonds is 4. The maximum Gasteiger partial charge on any atom is 0.239 e. The minimum absolute atomic E-state index is 0. The quantitative estimate of drug-likeness (QED) is 0.832. The normalized spacial score (nSPS) is 21.8. The van der Waals surface area contributed by atoms with Gasteiger partial charge in [-0.05, 0) is 24.7 Å². The molecule has 2 unspecified atom stereocenters. The molecule has 1 rings (SSSR count). The van der Waals surface area contributed by atoms with Crippen LogP contribution in [0.25, 0.3) is 0 Å². The molecule has 4 nitrogen and oxygen atoms in total. The van der Waals surface area contributed by atoms with Gasteiger partial charge in [0.15, 0.2) is 0 Å². The molecule has 1 amide bonds. The summed E-state index contributed by atoms with van der Waals surface area (Å²) in [6.45, 7) is 6.34. The second-order valence-electron chi connectivity index (χ2n) is 5.07. The van der Waals surface area contributed by atoms with Crippen LogP contribution in [0.2, 0.25) is 0 Å². The van der Waals surface area contributed by atoms with E-state index in [-0.39, 0.29) is 30.3 Å². The van der Waals surface area contributed by atoms with Crippen molar-refractivity contribution in [1.82, 2.24) is 4.90 Å². The Balaban J connectivity index is 0.00000256. The first-order chi connectivity index (χ1) is 7.52. The molecule has 1 aliphatic rings. The van der Waals surface area contributed by atoms with Gasteiger partial charge < -0.3 is 15.4 Å². The maximum atomic E-state index is 11.9. The number of hydrogen-bond donors (Lipinski definition) is 1. The van der Waals surface area contributed by atoms with E-state index in [4.69, 9.17) is 10.5 Å². The molecule has 0 aromatic rings. The summed E-state index contributed by atoms with van der Waals surface area (Å²) >= 11 is 0. The van der Waals surface area contributed by atoms with Gasteiger partial charge in [0.1, 0.15) is 0 Å². The minimum atomic E-state index is -0.380. The highest BCUT2D eigenvalue weighted by Gasteiger charge is 2.24. The maximum absolute atomic E-state index is 11.9. The van der Waals surface area contributed by atoms with Crippen LogP contribution in [0, 0.1) is 11.8 Å². The smallest absolute Gasteiger partial charge is 0.239 e. The zero-order valence-corrected chi connectivity index (χ0v) is 11.8. The average Bonchev–Trinajstić information content (AvgIpc) is 2.28. The lowest BCUT2D eigenvalue weighted by Crippen LogP contribution is -2.46. The van der Waals surface area contributed by atoms with E-state index in [1.165, 1.54) is 0 Å². The Kier molecular flexibility index (Phi) is 7.75. The molecule has 0 aliphatic carbocycles. The van der Waals surface area contributed by atoms with Crippen LogP contribution in [0.4, 0.5) is 0 Å². The van der Waals surface area contributed by atoms with E-state index in [9.17, 15) is 4.79 Å². The van der Waals surface area contributed by atoms with E-state index in [1.807, 2.05) is 20.9 Å². The van der Waals surface area contributed by atoms with Crippen molar-refractivity contribution < 1.29 is 9.53 Å². The van der Waals surface area contributed by atoms with Crippen LogP contribution >= 0.6 is 12.4 Å². The molecule has 1 fully saturated rings. The third kappa shape index (κ3) is 5.23. The lowest BCUT2D eigenvalue weighted by Gasteiger charge is -2.29. The number of nitrogens with zero attached hydrogens (tertiary/aromatic N) is 1. The number of halogens is 1. The van der Waals surface area contributed by atoms with Gasteiger partial charge in [0.05, 0.1) is 12.6 Å². The lowest BCUT2D eigenvalue weighted by molar-refractivity contribution is -0.133. The van der Waals surface area contributed by atoms with Crippen LogP contribution in [0.15, 0.2) is 0 Å². The number of likely N-dealkylation sites (N-methyl/N-ethyl adjacent to an activating group) is 1. The fraction of sp³-hybridized carbons (Fsp3) is 0.917. The van der Waals surface area contributed by atoms with E-state index >= 15 is 0 Å². The van der Waals surface area contributed by atoms with Gasteiger partial charge in [-0.2, -0.15) is 0 Å². The van der Waals surface area contributed by atoms with Gasteiger partial charge in [0.25, 0.3) is 0 Å². The molecular weight excluding hydrogens is 240 g/mol. The van der Waals surface area contributed by atoms with E-state index in [1.54, 1.807) is 4.90 Å². The zero-order chi connectivity index (χ0) is 12.1. The van der Waals surface area contributed by atoms with Crippen molar-refractivity contribution in [2.75, 3.05) is 26.8 Å². The molecule has 0 aromatic carbocycles. The van der Waals surface area contributed by atoms with Crippen molar-refractivity contribution in [3.8, 4) is 0 Å². The van der Waals surface area contributed by atoms with Gasteiger partial charge in [0.2, 0.25) is 5.91 Å². The summed E-state index contributed by atoms with van der Waals surface area (Å²) in [6.07, 6.45) is 2.25. The summed E-state index contributed by atoms with van der Waals surface area (Å²) in [4.78, 5) is 13.7. The number of ether oxygens (including phenoxy) is 1. The van der Waals surface area contributed by atoms with Crippen LogP contribution < -0.4 is 5.73 Å². The topological polar surface area (TPSA) is 55.6 Å². The molecule has 2 atom stereocenters. The molecule has 0 aromatic heterocycles. The molecule has 1 saturated heterocycles. The predicted octanol–water partition coefficient (Wildman–Crippen LogP) is 1.28. The molecule has 5 heteroatoms. The van der Waals surface area contributed by atoms with Crippen molar-refractivity contribution in [2.45, 2.75) is 32.7 Å². The Morgan fingerprint density at radius 2 is 2.18 bits per heavy atom.